The van der Waals surface area contributed by atoms with Gasteiger partial charge in [-0.3, -0.25) is 33.8 Å². The lowest BCUT2D eigenvalue weighted by atomic mass is 9.94. The fraction of sp³-hybridized carbons (Fsp3) is 0.732. The largest absolute Gasteiger partial charge is 0.524 e. The van der Waals surface area contributed by atoms with Crippen LogP contribution in [0.5, 0.6) is 5.75 Å². The molecule has 2 saturated heterocycles. The van der Waals surface area contributed by atoms with E-state index in [1.807, 2.05) is 13.8 Å². The van der Waals surface area contributed by atoms with Crippen LogP contribution in [0.1, 0.15) is 155 Å². The molecule has 2 fully saturated rings. The van der Waals surface area contributed by atoms with E-state index in [0.717, 1.165) is 37.7 Å². The highest BCUT2D eigenvalue weighted by Gasteiger charge is 2.44. The molecule has 318 valence electrons. The summed E-state index contributed by atoms with van der Waals surface area (Å²) in [6.45, 7) is 8.82. The lowest BCUT2D eigenvalue weighted by Gasteiger charge is -2.36. The Kier molecular flexibility index (Phi) is 23.0. The highest BCUT2D eigenvalue weighted by atomic mass is 31.2. The number of hydrogen-bond donors (Lipinski definition) is 6. The van der Waals surface area contributed by atoms with Gasteiger partial charge in [-0.25, -0.2) is 4.57 Å². The molecular weight excluding hydrogens is 737 g/mol. The molecule has 7 N–H and O–H groups in total. The summed E-state index contributed by atoms with van der Waals surface area (Å²) in [5, 5.41) is 8.49. The smallest absolute Gasteiger partial charge is 0.404 e. The number of amides is 5. The van der Waals surface area contributed by atoms with Gasteiger partial charge in [-0.2, -0.15) is 0 Å². The Bertz CT molecular complexity index is 1400. The second-order valence-corrected chi connectivity index (χ2v) is 16.4. The highest BCUT2D eigenvalue weighted by Crippen LogP contribution is 2.37. The van der Waals surface area contributed by atoms with Crippen LogP contribution in [0.25, 0.3) is 0 Å². The maximum atomic E-state index is 14.0. The van der Waals surface area contributed by atoms with Crippen LogP contribution in [-0.2, 0) is 35.0 Å². The third kappa shape index (κ3) is 18.2. The topological polar surface area (TPSA) is 217 Å². The second-order valence-electron chi connectivity index (χ2n) is 15.2. The second kappa shape index (κ2) is 26.4. The first-order valence-corrected chi connectivity index (χ1v) is 22.6. The van der Waals surface area contributed by atoms with Crippen LogP contribution in [0.4, 0.5) is 0 Å². The molecule has 14 nitrogen and oxygen atoms in total. The Morgan fingerprint density at radius 1 is 0.857 bits per heavy atom. The molecule has 0 spiro atoms. The average molecular weight is 808 g/mol. The number of nitrogens with two attached hydrogens (primary N) is 1. The van der Waals surface area contributed by atoms with Crippen molar-refractivity contribution in [1.29, 1.82) is 0 Å². The lowest BCUT2D eigenvalue weighted by molar-refractivity contribution is -0.145. The number of carbonyl (C=O) groups excluding carboxylic acids is 5. The Morgan fingerprint density at radius 2 is 1.46 bits per heavy atom. The van der Waals surface area contributed by atoms with E-state index in [9.17, 15) is 28.5 Å². The molecule has 1 aromatic rings. The lowest BCUT2D eigenvalue weighted by Crippen LogP contribution is -2.58. The number of fused-ring (bicyclic) bond motifs is 1. The van der Waals surface area contributed by atoms with Gasteiger partial charge >= 0.3 is 7.82 Å². The van der Waals surface area contributed by atoms with Crippen molar-refractivity contribution in [3.63, 3.8) is 0 Å². The predicted molar refractivity (Wildman–Crippen MR) is 217 cm³/mol. The van der Waals surface area contributed by atoms with Gasteiger partial charge in [-0.05, 0) is 69.1 Å². The van der Waals surface area contributed by atoms with Crippen molar-refractivity contribution in [3.8, 4) is 5.75 Å². The van der Waals surface area contributed by atoms with Gasteiger partial charge in [-0.15, -0.1) is 0 Å². The Balaban J connectivity index is 0.000000949. The standard InChI is InChI=1S/C31H48N5O9P.C10H22/c1-3-5-18-33-29(39)24(15-17-27(32)37)34-30(40)26-16-12-22-8-6-7-9-25(31(41)36(22)26)35-28(38)21(4-2)19-20-10-13-23(14-11-20)45-46(42,43)44;1-3-5-7-9-10-8-6-4-2/h10-11,13-14,21-22,24-26H,3-9,12,15-19H2,1-2H3,(H2,32,37)(H,33,39)(H,34,40)(H,35,38)(H2,42,43,44);3-10H2,1-2H3/t21-,22?,24-,25-,26-;/m0./s1. The third-order valence-electron chi connectivity index (χ3n) is 10.5. The minimum Gasteiger partial charge on any atom is -0.404 e. The Hall–Kier alpha value is -3.48. The fourth-order valence-electron chi connectivity index (χ4n) is 7.29. The van der Waals surface area contributed by atoms with Gasteiger partial charge in [0.25, 0.3) is 0 Å². The molecule has 0 bridgehead atoms. The van der Waals surface area contributed by atoms with Crippen molar-refractivity contribution >= 4 is 37.4 Å². The molecule has 0 radical (unpaired) electrons. The maximum Gasteiger partial charge on any atom is 0.524 e. The molecule has 1 aromatic carbocycles. The van der Waals surface area contributed by atoms with Crippen LogP contribution < -0.4 is 26.2 Å². The number of benzene rings is 1. The third-order valence-corrected chi connectivity index (χ3v) is 11.0. The van der Waals surface area contributed by atoms with Crippen LogP contribution in [0.3, 0.4) is 0 Å². The monoisotopic (exact) mass is 807 g/mol. The van der Waals surface area contributed by atoms with Crippen molar-refractivity contribution < 1.29 is 42.8 Å². The number of nitrogens with one attached hydrogen (secondary N) is 3. The van der Waals surface area contributed by atoms with Gasteiger partial charge in [0.1, 0.15) is 23.9 Å². The van der Waals surface area contributed by atoms with E-state index in [-0.39, 0.29) is 36.4 Å². The highest BCUT2D eigenvalue weighted by molar-refractivity contribution is 7.46. The van der Waals surface area contributed by atoms with Gasteiger partial charge in [-0.1, -0.05) is 110 Å². The maximum absolute atomic E-state index is 14.0. The number of carbonyl (C=O) groups is 5. The van der Waals surface area contributed by atoms with E-state index < -0.39 is 49.6 Å². The zero-order valence-electron chi connectivity index (χ0n) is 34.3. The van der Waals surface area contributed by atoms with Crippen molar-refractivity contribution in [2.24, 2.45) is 11.7 Å². The number of phosphoric acid groups is 1. The van der Waals surface area contributed by atoms with Crippen LogP contribution >= 0.6 is 7.82 Å². The van der Waals surface area contributed by atoms with E-state index in [1.54, 1.807) is 17.0 Å². The van der Waals surface area contributed by atoms with E-state index >= 15 is 0 Å². The minimum absolute atomic E-state index is 0.00442. The van der Waals surface area contributed by atoms with Gasteiger partial charge < -0.3 is 31.1 Å². The molecule has 2 aliphatic rings. The van der Waals surface area contributed by atoms with E-state index in [0.29, 0.717) is 38.6 Å². The zero-order valence-corrected chi connectivity index (χ0v) is 35.2. The first kappa shape index (κ1) is 48.7. The van der Waals surface area contributed by atoms with Crippen molar-refractivity contribution in [3.05, 3.63) is 29.8 Å². The van der Waals surface area contributed by atoms with Gasteiger partial charge in [0, 0.05) is 24.9 Å². The Morgan fingerprint density at radius 3 is 2.04 bits per heavy atom. The number of phosphoric ester groups is 1. The molecular formula is C41H70N5O9P. The van der Waals surface area contributed by atoms with E-state index in [1.165, 1.54) is 63.5 Å². The minimum atomic E-state index is -4.69. The first-order chi connectivity index (χ1) is 26.7. The van der Waals surface area contributed by atoms with E-state index in [2.05, 4.69) is 34.3 Å². The fourth-order valence-corrected chi connectivity index (χ4v) is 7.68. The first-order valence-electron chi connectivity index (χ1n) is 21.1. The molecule has 0 aromatic heterocycles. The number of hydrogen-bond acceptors (Lipinski definition) is 7. The Labute approximate surface area is 334 Å². The summed E-state index contributed by atoms with van der Waals surface area (Å²) in [7, 11) is -4.69. The van der Waals surface area contributed by atoms with Crippen LogP contribution in [-0.4, -0.2) is 74.9 Å². The van der Waals surface area contributed by atoms with E-state index in [4.69, 9.17) is 15.5 Å². The molecule has 56 heavy (non-hydrogen) atoms. The summed E-state index contributed by atoms with van der Waals surface area (Å²) >= 11 is 0. The zero-order chi connectivity index (χ0) is 41.5. The molecule has 2 aliphatic heterocycles. The summed E-state index contributed by atoms with van der Waals surface area (Å²) in [4.78, 5) is 84.9. The molecule has 0 aliphatic carbocycles. The average Bonchev–Trinajstić information content (AvgIpc) is 3.57. The molecule has 2 heterocycles. The summed E-state index contributed by atoms with van der Waals surface area (Å²) in [5.74, 6) is -2.57. The van der Waals surface area contributed by atoms with Crippen LogP contribution in [0.15, 0.2) is 24.3 Å². The van der Waals surface area contributed by atoms with Gasteiger partial charge in [0.05, 0.1) is 0 Å². The summed E-state index contributed by atoms with van der Waals surface area (Å²) in [6.07, 6.45) is 17.6. The predicted octanol–water partition coefficient (Wildman–Crippen LogP) is 5.96. The van der Waals surface area contributed by atoms with Crippen LogP contribution in [0.2, 0.25) is 0 Å². The molecule has 15 heteroatoms. The molecule has 5 amide bonds. The van der Waals surface area contributed by atoms with Crippen molar-refractivity contribution in [1.82, 2.24) is 20.9 Å². The molecule has 3 rings (SSSR count). The molecule has 1 unspecified atom stereocenters. The number of rotatable bonds is 23. The number of primary amides is 1. The summed E-state index contributed by atoms with van der Waals surface area (Å²) in [5.41, 5.74) is 6.06. The molecule has 0 saturated carbocycles. The summed E-state index contributed by atoms with van der Waals surface area (Å²) < 4.78 is 15.7. The number of unbranched alkanes of at least 4 members (excludes halogenated alkanes) is 8. The van der Waals surface area contributed by atoms with Crippen molar-refractivity contribution in [2.75, 3.05) is 6.54 Å². The van der Waals surface area contributed by atoms with Gasteiger partial charge in [0.15, 0.2) is 0 Å². The van der Waals surface area contributed by atoms with Gasteiger partial charge in [0.2, 0.25) is 29.5 Å². The quantitative estimate of drug-likeness (QED) is 0.0567. The molecule has 5 atom stereocenters. The number of nitrogens with zero attached hydrogens (tertiary/aromatic N) is 1. The van der Waals surface area contributed by atoms with Crippen LogP contribution in [0, 0.1) is 5.92 Å². The summed E-state index contributed by atoms with van der Waals surface area (Å²) in [6, 6.07) is 3.32. The van der Waals surface area contributed by atoms with Crippen molar-refractivity contribution in [2.45, 2.75) is 180 Å². The normalized spacial score (nSPS) is 19.3. The SMILES string of the molecule is CCCCCCCCCC.CCCCNC(=O)[C@H](CCC(N)=O)NC(=O)[C@@H]1CCC2CCCC[C@H](NC(=O)[C@@H](CC)Cc3ccc(OP(=O)(O)O)cc3)C(=O)N21.